The smallest absolute Gasteiger partial charge is 0.139 e. The van der Waals surface area contributed by atoms with Gasteiger partial charge in [-0.05, 0) is 0 Å². The van der Waals surface area contributed by atoms with Crippen LogP contribution in [-0.2, 0) is 8.92 Å². The van der Waals surface area contributed by atoms with Crippen molar-refractivity contribution in [3.05, 3.63) is 0 Å². The number of alkyl halides is 1. The summed E-state index contributed by atoms with van der Waals surface area (Å²) in [5.41, 5.74) is -1.14. The molecule has 5 heteroatoms. The molecule has 66 valence electrons. The Morgan fingerprint density at radius 3 is 2.73 bits per heavy atom. The molecule has 0 N–H and O–H groups in total. The van der Waals surface area contributed by atoms with E-state index in [-0.39, 0.29) is 6.61 Å². The van der Waals surface area contributed by atoms with Crippen LogP contribution in [0.1, 0.15) is 12.8 Å². The molecular weight excluding hydrogens is 282 g/mol. The van der Waals surface area contributed by atoms with Crippen LogP contribution in [0.15, 0.2) is 0 Å². The molecule has 0 aromatic heterocycles. The van der Waals surface area contributed by atoms with Crippen molar-refractivity contribution in [1.82, 2.24) is 0 Å². The highest BCUT2D eigenvalue weighted by Crippen LogP contribution is 2.28. The highest BCUT2D eigenvalue weighted by Gasteiger charge is 2.32. The molecule has 0 aromatic rings. The lowest BCUT2D eigenvalue weighted by molar-refractivity contribution is -0.0285. The van der Waals surface area contributed by atoms with E-state index in [4.69, 9.17) is 8.92 Å². The Morgan fingerprint density at radius 2 is 2.18 bits per heavy atom. The molecule has 0 aromatic carbocycles. The van der Waals surface area contributed by atoms with E-state index in [0.717, 1.165) is 0 Å². The molecule has 1 rings (SSSR count). The predicted molar refractivity (Wildman–Crippen MR) is 51.5 cm³/mol. The molecule has 0 spiro atoms. The molecular formula is C6H10FIO2S. The predicted octanol–water partition coefficient (Wildman–Crippen LogP) is 2.52. The molecule has 11 heavy (non-hydrogen) atoms. The molecule has 1 aliphatic heterocycles. The molecule has 1 saturated heterocycles. The van der Waals surface area contributed by atoms with Crippen LogP contribution < -0.4 is 0 Å². The van der Waals surface area contributed by atoms with Crippen LogP contribution >= 0.6 is 30.4 Å². The normalized spacial score (nSPS) is 23.5. The van der Waals surface area contributed by atoms with Gasteiger partial charge in [0, 0.05) is 47.3 Å². The fourth-order valence-corrected chi connectivity index (χ4v) is 1.65. The molecule has 0 radical (unpaired) electrons. The van der Waals surface area contributed by atoms with Crippen molar-refractivity contribution in [1.29, 1.82) is 0 Å². The first-order chi connectivity index (χ1) is 5.27. The Bertz CT molecular complexity index is 119. The minimum Gasteiger partial charge on any atom is -0.381 e. The fourth-order valence-electron chi connectivity index (χ4n) is 1.01. The molecule has 0 amide bonds. The van der Waals surface area contributed by atoms with E-state index < -0.39 is 5.67 Å². The standard InChI is InChI=1S/C6H10FIO2S/c7-6(5-10-11-8)1-3-9-4-2-6/h1-5H2. The molecule has 2 nitrogen and oxygen atoms in total. The summed E-state index contributed by atoms with van der Waals surface area (Å²) in [6.07, 6.45) is 0.925. The molecule has 1 heterocycles. The number of hydrogen-bond donors (Lipinski definition) is 0. The maximum atomic E-state index is 13.5. The van der Waals surface area contributed by atoms with Gasteiger partial charge in [-0.2, -0.15) is 0 Å². The summed E-state index contributed by atoms with van der Waals surface area (Å²) in [7, 11) is 1.18. The van der Waals surface area contributed by atoms with Crippen molar-refractivity contribution in [2.24, 2.45) is 0 Å². The maximum absolute atomic E-state index is 13.5. The Kier molecular flexibility index (Phi) is 4.40. The SMILES string of the molecule is FC1(COSI)CCOCC1. The highest BCUT2D eigenvalue weighted by atomic mass is 127. The third-order valence-electron chi connectivity index (χ3n) is 1.75. The van der Waals surface area contributed by atoms with E-state index in [1.165, 1.54) is 9.21 Å². The second-order valence-electron chi connectivity index (χ2n) is 2.59. The van der Waals surface area contributed by atoms with Crippen molar-refractivity contribution < 1.29 is 13.3 Å². The van der Waals surface area contributed by atoms with Crippen LogP contribution in [-0.4, -0.2) is 25.5 Å². The van der Waals surface area contributed by atoms with Crippen LogP contribution in [0.25, 0.3) is 0 Å². The van der Waals surface area contributed by atoms with E-state index in [9.17, 15) is 4.39 Å². The average molecular weight is 292 g/mol. The van der Waals surface area contributed by atoms with Crippen molar-refractivity contribution >= 4 is 30.4 Å². The summed E-state index contributed by atoms with van der Waals surface area (Å²) in [4.78, 5) is 0. The average Bonchev–Trinajstić information content (AvgIpc) is 2.03. The lowest BCUT2D eigenvalue weighted by atomic mass is 9.98. The minimum atomic E-state index is -1.14. The van der Waals surface area contributed by atoms with Crippen molar-refractivity contribution in [3.8, 4) is 0 Å². The van der Waals surface area contributed by atoms with Crippen molar-refractivity contribution in [2.45, 2.75) is 18.5 Å². The van der Waals surface area contributed by atoms with Crippen LogP contribution in [0.2, 0.25) is 0 Å². The first-order valence-corrected chi connectivity index (χ1v) is 6.72. The van der Waals surface area contributed by atoms with Crippen LogP contribution in [0, 0.1) is 0 Å². The molecule has 0 atom stereocenters. The van der Waals surface area contributed by atoms with Gasteiger partial charge in [0.25, 0.3) is 0 Å². The Balaban J connectivity index is 2.25. The van der Waals surface area contributed by atoms with Crippen LogP contribution in [0.4, 0.5) is 4.39 Å². The van der Waals surface area contributed by atoms with Crippen molar-refractivity contribution in [3.63, 3.8) is 0 Å². The minimum absolute atomic E-state index is 0.184. The van der Waals surface area contributed by atoms with Gasteiger partial charge in [-0.3, -0.25) is 0 Å². The largest absolute Gasteiger partial charge is 0.381 e. The summed E-state index contributed by atoms with van der Waals surface area (Å²) in [5.74, 6) is 0. The molecule has 0 unspecified atom stereocenters. The van der Waals surface area contributed by atoms with Gasteiger partial charge < -0.3 is 8.92 Å². The lowest BCUT2D eigenvalue weighted by Gasteiger charge is -2.28. The summed E-state index contributed by atoms with van der Waals surface area (Å²) < 4.78 is 23.5. The number of hydrogen-bond acceptors (Lipinski definition) is 3. The summed E-state index contributed by atoms with van der Waals surface area (Å²) in [6.45, 7) is 1.22. The monoisotopic (exact) mass is 292 g/mol. The van der Waals surface area contributed by atoms with E-state index in [1.54, 1.807) is 0 Å². The molecule has 1 fully saturated rings. The quantitative estimate of drug-likeness (QED) is 0.588. The van der Waals surface area contributed by atoms with Crippen LogP contribution in [0.3, 0.4) is 0 Å². The summed E-state index contributed by atoms with van der Waals surface area (Å²) >= 11 is 1.99. The van der Waals surface area contributed by atoms with Gasteiger partial charge in [0.2, 0.25) is 0 Å². The topological polar surface area (TPSA) is 18.5 Å². The van der Waals surface area contributed by atoms with Crippen molar-refractivity contribution in [2.75, 3.05) is 19.8 Å². The molecule has 0 aliphatic carbocycles. The molecule has 0 bridgehead atoms. The molecule has 0 saturated carbocycles. The number of ether oxygens (including phenoxy) is 1. The second kappa shape index (κ2) is 4.84. The van der Waals surface area contributed by atoms with Gasteiger partial charge >= 0.3 is 0 Å². The zero-order valence-electron chi connectivity index (χ0n) is 6.02. The van der Waals surface area contributed by atoms with Gasteiger partial charge in [-0.15, -0.1) is 0 Å². The van der Waals surface area contributed by atoms with Crippen LogP contribution in [0.5, 0.6) is 0 Å². The van der Waals surface area contributed by atoms with Gasteiger partial charge in [0.1, 0.15) is 5.67 Å². The number of rotatable bonds is 3. The highest BCUT2D eigenvalue weighted by molar-refractivity contribution is 14.2. The molecule has 1 aliphatic rings. The third-order valence-corrected chi connectivity index (χ3v) is 2.72. The number of halogens is 2. The van der Waals surface area contributed by atoms with E-state index in [0.29, 0.717) is 26.1 Å². The zero-order chi connectivity index (χ0) is 8.16. The summed E-state index contributed by atoms with van der Waals surface area (Å²) in [5, 5.41) is 0. The Labute approximate surface area is 82.0 Å². The van der Waals surface area contributed by atoms with Gasteiger partial charge in [-0.1, -0.05) is 0 Å². The zero-order valence-corrected chi connectivity index (χ0v) is 8.99. The van der Waals surface area contributed by atoms with E-state index in [2.05, 4.69) is 0 Å². The Morgan fingerprint density at radius 1 is 1.55 bits per heavy atom. The van der Waals surface area contributed by atoms with Gasteiger partial charge in [-0.25, -0.2) is 4.39 Å². The van der Waals surface area contributed by atoms with Gasteiger partial charge in [0.15, 0.2) is 0 Å². The van der Waals surface area contributed by atoms with Gasteiger partial charge in [0.05, 0.1) is 15.8 Å². The first-order valence-electron chi connectivity index (χ1n) is 3.44. The lowest BCUT2D eigenvalue weighted by Crippen LogP contribution is -2.35. The maximum Gasteiger partial charge on any atom is 0.139 e. The van der Waals surface area contributed by atoms with E-state index in [1.807, 2.05) is 21.2 Å². The summed E-state index contributed by atoms with van der Waals surface area (Å²) in [6, 6.07) is 0. The first kappa shape index (κ1) is 10.0. The second-order valence-corrected chi connectivity index (χ2v) is 4.03. The van der Waals surface area contributed by atoms with E-state index >= 15 is 0 Å². The third kappa shape index (κ3) is 3.43. The Hall–Kier alpha value is 0.930. The fraction of sp³-hybridized carbons (Fsp3) is 1.00.